The van der Waals surface area contributed by atoms with E-state index in [9.17, 15) is 9.59 Å². The van der Waals surface area contributed by atoms with Gasteiger partial charge in [-0.2, -0.15) is 4.89 Å². The minimum absolute atomic E-state index is 0.0148. The molecule has 2 amide bonds. The number of aryl methyl sites for hydroxylation is 1. The first kappa shape index (κ1) is 17.9. The Hall–Kier alpha value is -2.52. The number of nitrogens with zero attached hydrogens (tertiary/aromatic N) is 3. The van der Waals surface area contributed by atoms with Gasteiger partial charge in [0.2, 0.25) is 17.6 Å². The van der Waals surface area contributed by atoms with Gasteiger partial charge in [-0.05, 0) is 30.9 Å². The van der Waals surface area contributed by atoms with Crippen LogP contribution in [-0.4, -0.2) is 46.9 Å². The molecule has 1 fully saturated rings. The van der Waals surface area contributed by atoms with Gasteiger partial charge >= 0.3 is 0 Å². The summed E-state index contributed by atoms with van der Waals surface area (Å²) in [7, 11) is 1.38. The average molecular weight is 388 g/mol. The van der Waals surface area contributed by atoms with Gasteiger partial charge in [-0.15, -0.1) is 11.3 Å². The first-order valence-corrected chi connectivity index (χ1v) is 9.61. The zero-order valence-corrected chi connectivity index (χ0v) is 16.0. The fourth-order valence-corrected chi connectivity index (χ4v) is 4.58. The quantitative estimate of drug-likeness (QED) is 0.602. The Morgan fingerprint density at radius 1 is 1.37 bits per heavy atom. The first-order valence-electron chi connectivity index (χ1n) is 8.79. The third kappa shape index (κ3) is 3.40. The lowest BCUT2D eigenvalue weighted by Gasteiger charge is -2.32. The number of fused-ring (bicyclic) bond motifs is 2. The van der Waals surface area contributed by atoms with Crippen molar-refractivity contribution in [2.24, 2.45) is 0 Å². The van der Waals surface area contributed by atoms with Crippen LogP contribution in [0.5, 0.6) is 5.75 Å². The van der Waals surface area contributed by atoms with E-state index in [-0.39, 0.29) is 29.7 Å². The van der Waals surface area contributed by atoms with Gasteiger partial charge in [0.1, 0.15) is 6.54 Å². The van der Waals surface area contributed by atoms with Gasteiger partial charge in [0.25, 0.3) is 5.91 Å². The van der Waals surface area contributed by atoms with Crippen molar-refractivity contribution in [2.75, 3.05) is 25.5 Å². The minimum atomic E-state index is -0.324. The first-order chi connectivity index (χ1) is 13.0. The van der Waals surface area contributed by atoms with Crippen LogP contribution in [0.15, 0.2) is 18.5 Å². The smallest absolute Gasteiger partial charge is 0.264 e. The Bertz CT molecular complexity index is 876. The summed E-state index contributed by atoms with van der Waals surface area (Å²) in [6.07, 6.45) is 5.83. The number of carbonyl (C=O) groups is 2. The molecule has 2 aromatic rings. The van der Waals surface area contributed by atoms with E-state index < -0.39 is 0 Å². The Labute approximate surface area is 160 Å². The van der Waals surface area contributed by atoms with Crippen molar-refractivity contribution < 1.29 is 19.4 Å². The third-order valence-electron chi connectivity index (χ3n) is 4.92. The molecule has 0 aromatic carbocycles. The number of anilines is 1. The number of hydrogen-bond donors (Lipinski definition) is 1. The number of thiophene rings is 1. The molecule has 0 bridgehead atoms. The monoisotopic (exact) mass is 388 g/mol. The number of hydrogen-bond acceptors (Lipinski definition) is 7. The number of carbonyl (C=O) groups excluding carboxylic acids is 2. The second-order valence-electron chi connectivity index (χ2n) is 6.79. The Kier molecular flexibility index (Phi) is 4.56. The molecule has 3 heterocycles. The van der Waals surface area contributed by atoms with Crippen LogP contribution in [-0.2, 0) is 21.5 Å². The van der Waals surface area contributed by atoms with Crippen LogP contribution in [0.3, 0.4) is 0 Å². The van der Waals surface area contributed by atoms with E-state index in [4.69, 9.17) is 4.89 Å². The van der Waals surface area contributed by atoms with Crippen molar-refractivity contribution in [3.8, 4) is 5.75 Å². The van der Waals surface area contributed by atoms with Gasteiger partial charge in [0, 0.05) is 16.8 Å². The molecule has 1 aliphatic carbocycles. The molecular weight excluding hydrogens is 368 g/mol. The molecule has 8 nitrogen and oxygen atoms in total. The Morgan fingerprint density at radius 2 is 2.11 bits per heavy atom. The fourth-order valence-electron chi connectivity index (χ4n) is 3.40. The summed E-state index contributed by atoms with van der Waals surface area (Å²) in [5.41, 5.74) is 1.23. The van der Waals surface area contributed by atoms with Crippen molar-refractivity contribution >= 4 is 29.1 Å². The molecule has 0 radical (unpaired) electrons. The maximum atomic E-state index is 12.9. The van der Waals surface area contributed by atoms with Crippen molar-refractivity contribution in [3.05, 3.63) is 33.8 Å². The zero-order valence-electron chi connectivity index (χ0n) is 15.2. The van der Waals surface area contributed by atoms with Crippen LogP contribution in [0.1, 0.15) is 39.9 Å². The van der Waals surface area contributed by atoms with Crippen molar-refractivity contribution in [3.63, 3.8) is 0 Å². The van der Waals surface area contributed by atoms with Crippen LogP contribution in [0.2, 0.25) is 0 Å². The van der Waals surface area contributed by atoms with Crippen molar-refractivity contribution in [2.45, 2.75) is 31.6 Å². The van der Waals surface area contributed by atoms with Gasteiger partial charge in [0.15, 0.2) is 0 Å². The molecule has 4 rings (SSSR count). The Morgan fingerprint density at radius 3 is 2.74 bits per heavy atom. The van der Waals surface area contributed by atoms with Gasteiger partial charge in [-0.25, -0.2) is 9.97 Å². The maximum absolute atomic E-state index is 12.9. The lowest BCUT2D eigenvalue weighted by molar-refractivity contribution is -0.178. The molecule has 27 heavy (non-hydrogen) atoms. The maximum Gasteiger partial charge on any atom is 0.264 e. The molecule has 0 saturated heterocycles. The molecular formula is C18H20N4O4S. The van der Waals surface area contributed by atoms with Crippen LogP contribution < -0.4 is 10.2 Å². The summed E-state index contributed by atoms with van der Waals surface area (Å²) in [4.78, 5) is 46.2. The highest BCUT2D eigenvalue weighted by Crippen LogP contribution is 2.54. The molecule has 0 unspecified atom stereocenters. The van der Waals surface area contributed by atoms with E-state index in [2.05, 4.69) is 33.2 Å². The van der Waals surface area contributed by atoms with Crippen LogP contribution in [0, 0.1) is 0 Å². The molecule has 2 aliphatic rings. The summed E-state index contributed by atoms with van der Waals surface area (Å²) >= 11 is 1.55. The van der Waals surface area contributed by atoms with Crippen molar-refractivity contribution in [1.29, 1.82) is 0 Å². The average Bonchev–Trinajstić information content (AvgIpc) is 3.28. The molecule has 142 valence electrons. The molecule has 1 spiro atoms. The SMILES string of the molecule is CCc1cc2c(s1)C(=O)N(CC(=O)Nc1ncc(OOC)cn1)CC21CC1. The zero-order chi connectivity index (χ0) is 19.0. The predicted molar refractivity (Wildman–Crippen MR) is 98.8 cm³/mol. The van der Waals surface area contributed by atoms with E-state index in [0.29, 0.717) is 12.3 Å². The van der Waals surface area contributed by atoms with E-state index in [0.717, 1.165) is 24.1 Å². The standard InChI is InChI=1S/C18H20N4O4S/c1-3-12-6-13-15(27-12)16(24)22(10-18(13)4-5-18)9-14(23)21-17-19-7-11(8-20-17)26-25-2/h6-8H,3-5,9-10H2,1-2H3,(H,19,20,21,23). The topological polar surface area (TPSA) is 93.7 Å². The van der Waals surface area contributed by atoms with Gasteiger partial charge in [0.05, 0.1) is 24.4 Å². The number of aromatic nitrogens is 2. The van der Waals surface area contributed by atoms with Crippen LogP contribution in [0.25, 0.3) is 0 Å². The summed E-state index contributed by atoms with van der Waals surface area (Å²) in [6.45, 7) is 2.67. The summed E-state index contributed by atoms with van der Waals surface area (Å²) < 4.78 is 0. The summed E-state index contributed by atoms with van der Waals surface area (Å²) in [5, 5.41) is 2.62. The summed E-state index contributed by atoms with van der Waals surface area (Å²) in [6, 6.07) is 2.18. The molecule has 0 atom stereocenters. The number of amides is 2. The fraction of sp³-hybridized carbons (Fsp3) is 0.444. The van der Waals surface area contributed by atoms with Crippen LogP contribution >= 0.6 is 11.3 Å². The highest BCUT2D eigenvalue weighted by Gasteiger charge is 2.52. The third-order valence-corrected chi connectivity index (χ3v) is 6.19. The van der Waals surface area contributed by atoms with Crippen LogP contribution in [0.4, 0.5) is 5.95 Å². The van der Waals surface area contributed by atoms with E-state index in [1.54, 1.807) is 16.2 Å². The lowest BCUT2D eigenvalue weighted by atomic mass is 9.91. The predicted octanol–water partition coefficient (Wildman–Crippen LogP) is 2.17. The van der Waals surface area contributed by atoms with Gasteiger partial charge < -0.3 is 9.79 Å². The largest absolute Gasteiger partial charge is 0.335 e. The number of rotatable bonds is 6. The Balaban J connectivity index is 1.45. The lowest BCUT2D eigenvalue weighted by Crippen LogP contribution is -2.46. The molecule has 1 saturated carbocycles. The van der Waals surface area contributed by atoms with E-state index in [1.807, 2.05) is 0 Å². The van der Waals surface area contributed by atoms with E-state index in [1.165, 1.54) is 29.9 Å². The van der Waals surface area contributed by atoms with Crippen molar-refractivity contribution in [1.82, 2.24) is 14.9 Å². The highest BCUT2D eigenvalue weighted by molar-refractivity contribution is 7.14. The minimum Gasteiger partial charge on any atom is -0.335 e. The molecule has 9 heteroatoms. The van der Waals surface area contributed by atoms with Gasteiger partial charge in [-0.1, -0.05) is 6.92 Å². The van der Waals surface area contributed by atoms with Gasteiger partial charge in [-0.3, -0.25) is 14.9 Å². The van der Waals surface area contributed by atoms with E-state index >= 15 is 0 Å². The summed E-state index contributed by atoms with van der Waals surface area (Å²) in [5.74, 6) is 0.0934. The second kappa shape index (κ2) is 6.90. The second-order valence-corrected chi connectivity index (χ2v) is 7.93. The molecule has 1 aliphatic heterocycles. The highest BCUT2D eigenvalue weighted by atomic mass is 32.1. The molecule has 1 N–H and O–H groups in total. The molecule has 2 aromatic heterocycles. The number of nitrogens with one attached hydrogen (secondary N) is 1. The normalized spacial score (nSPS) is 17.0.